The van der Waals surface area contributed by atoms with E-state index in [2.05, 4.69) is 11.8 Å². The molecule has 21 heavy (non-hydrogen) atoms. The van der Waals surface area contributed by atoms with E-state index in [1.54, 1.807) is 18.2 Å². The first-order valence-electron chi connectivity index (χ1n) is 6.37. The van der Waals surface area contributed by atoms with Crippen molar-refractivity contribution in [2.24, 2.45) is 0 Å². The van der Waals surface area contributed by atoms with Crippen molar-refractivity contribution < 1.29 is 27.8 Å². The Morgan fingerprint density at radius 1 is 1.29 bits per heavy atom. The van der Waals surface area contributed by atoms with Crippen molar-refractivity contribution in [1.29, 1.82) is 0 Å². The van der Waals surface area contributed by atoms with E-state index in [9.17, 15) is 13.2 Å². The zero-order valence-electron chi connectivity index (χ0n) is 11.7. The monoisotopic (exact) mass is 302 g/mol. The van der Waals surface area contributed by atoms with Crippen molar-refractivity contribution in [3.63, 3.8) is 0 Å². The number of halogens is 3. The van der Waals surface area contributed by atoms with Crippen molar-refractivity contribution in [2.75, 3.05) is 20.3 Å². The first-order chi connectivity index (χ1) is 9.96. The van der Waals surface area contributed by atoms with Gasteiger partial charge < -0.3 is 14.6 Å². The molecular formula is C15H17F3O3. The zero-order valence-corrected chi connectivity index (χ0v) is 11.7. The lowest BCUT2D eigenvalue weighted by atomic mass is 10.1. The van der Waals surface area contributed by atoms with E-state index in [0.29, 0.717) is 16.9 Å². The molecule has 0 unspecified atom stereocenters. The average Bonchev–Trinajstić information content (AvgIpc) is 2.43. The van der Waals surface area contributed by atoms with Crippen molar-refractivity contribution in [3.05, 3.63) is 29.3 Å². The fourth-order valence-corrected chi connectivity index (χ4v) is 1.67. The number of rotatable bonds is 6. The molecule has 0 aliphatic rings. The van der Waals surface area contributed by atoms with Gasteiger partial charge in [-0.15, -0.1) is 0 Å². The smallest absolute Gasteiger partial charge is 0.389 e. The van der Waals surface area contributed by atoms with Crippen molar-refractivity contribution in [1.82, 2.24) is 0 Å². The SMILES string of the molecule is COc1ccc(C#CCO)cc1COCCCC(F)(F)F. The van der Waals surface area contributed by atoms with Gasteiger partial charge in [0.2, 0.25) is 0 Å². The molecule has 1 aromatic rings. The highest BCUT2D eigenvalue weighted by atomic mass is 19.4. The minimum absolute atomic E-state index is 0.0230. The number of aliphatic hydroxyl groups excluding tert-OH is 1. The molecule has 0 atom stereocenters. The number of benzene rings is 1. The largest absolute Gasteiger partial charge is 0.496 e. The molecule has 1 N–H and O–H groups in total. The summed E-state index contributed by atoms with van der Waals surface area (Å²) in [5, 5.41) is 8.65. The summed E-state index contributed by atoms with van der Waals surface area (Å²) in [7, 11) is 1.50. The van der Waals surface area contributed by atoms with Crippen LogP contribution in [0.2, 0.25) is 0 Å². The fourth-order valence-electron chi connectivity index (χ4n) is 1.67. The predicted molar refractivity (Wildman–Crippen MR) is 71.9 cm³/mol. The Kier molecular flexibility index (Phi) is 7.06. The Morgan fingerprint density at radius 2 is 2.05 bits per heavy atom. The maximum Gasteiger partial charge on any atom is 0.389 e. The second kappa shape index (κ2) is 8.55. The van der Waals surface area contributed by atoms with Crippen LogP contribution in [0.3, 0.4) is 0 Å². The topological polar surface area (TPSA) is 38.7 Å². The number of methoxy groups -OCH3 is 1. The first kappa shape index (κ1) is 17.3. The summed E-state index contributed by atoms with van der Waals surface area (Å²) in [4.78, 5) is 0. The summed E-state index contributed by atoms with van der Waals surface area (Å²) in [5.74, 6) is 5.85. The zero-order chi connectivity index (χ0) is 15.7. The highest BCUT2D eigenvalue weighted by Crippen LogP contribution is 2.23. The number of hydrogen-bond acceptors (Lipinski definition) is 3. The lowest BCUT2D eigenvalue weighted by molar-refractivity contribution is -0.138. The standard InChI is InChI=1S/C15H17F3O3/c1-20-14-6-5-12(4-2-8-19)10-13(14)11-21-9-3-7-15(16,17)18/h5-6,10,19H,3,7-9,11H2,1H3. The second-order valence-electron chi connectivity index (χ2n) is 4.26. The third kappa shape index (κ3) is 7.02. The van der Waals surface area contributed by atoms with E-state index in [0.717, 1.165) is 0 Å². The van der Waals surface area contributed by atoms with Gasteiger partial charge in [-0.25, -0.2) is 0 Å². The normalized spacial score (nSPS) is 10.9. The van der Waals surface area contributed by atoms with E-state index in [4.69, 9.17) is 14.6 Å². The molecule has 0 fully saturated rings. The van der Waals surface area contributed by atoms with E-state index in [-0.39, 0.29) is 26.2 Å². The van der Waals surface area contributed by atoms with Gasteiger partial charge in [0.05, 0.1) is 13.7 Å². The summed E-state index contributed by atoms with van der Waals surface area (Å²) in [5.41, 5.74) is 1.38. The molecule has 0 heterocycles. The molecule has 116 valence electrons. The third-order valence-corrected chi connectivity index (χ3v) is 2.60. The van der Waals surface area contributed by atoms with Crippen molar-refractivity contribution >= 4 is 0 Å². The Morgan fingerprint density at radius 3 is 2.67 bits per heavy atom. The lowest BCUT2D eigenvalue weighted by Crippen LogP contribution is -2.09. The van der Waals surface area contributed by atoms with Crippen LogP contribution in [0.15, 0.2) is 18.2 Å². The van der Waals surface area contributed by atoms with Crippen LogP contribution in [0, 0.1) is 11.8 Å². The summed E-state index contributed by atoms with van der Waals surface area (Å²) in [6.45, 7) is -0.0693. The molecule has 0 spiro atoms. The molecule has 0 amide bonds. The van der Waals surface area contributed by atoms with Crippen LogP contribution < -0.4 is 4.74 Å². The van der Waals surface area contributed by atoms with Crippen LogP contribution in [-0.4, -0.2) is 31.6 Å². The Balaban J connectivity index is 2.56. The van der Waals surface area contributed by atoms with Gasteiger partial charge in [0.25, 0.3) is 0 Å². The summed E-state index contributed by atoms with van der Waals surface area (Å²) >= 11 is 0. The number of ether oxygens (including phenoxy) is 2. The molecular weight excluding hydrogens is 285 g/mol. The first-order valence-corrected chi connectivity index (χ1v) is 6.37. The van der Waals surface area contributed by atoms with Crippen LogP contribution in [0.1, 0.15) is 24.0 Å². The van der Waals surface area contributed by atoms with Gasteiger partial charge in [-0.3, -0.25) is 0 Å². The molecule has 1 rings (SSSR count). The van der Waals surface area contributed by atoms with E-state index >= 15 is 0 Å². The van der Waals surface area contributed by atoms with E-state index < -0.39 is 12.6 Å². The van der Waals surface area contributed by atoms with Crippen LogP contribution in [-0.2, 0) is 11.3 Å². The Bertz CT molecular complexity index is 501. The Labute approximate surface area is 121 Å². The molecule has 0 aliphatic heterocycles. The van der Waals surface area contributed by atoms with Gasteiger partial charge in [0, 0.05) is 24.2 Å². The molecule has 0 bridgehead atoms. The highest BCUT2D eigenvalue weighted by Gasteiger charge is 2.25. The number of aliphatic hydroxyl groups is 1. The van der Waals surface area contributed by atoms with Gasteiger partial charge >= 0.3 is 6.18 Å². The van der Waals surface area contributed by atoms with Crippen LogP contribution >= 0.6 is 0 Å². The van der Waals surface area contributed by atoms with E-state index in [1.165, 1.54) is 7.11 Å². The second-order valence-corrected chi connectivity index (χ2v) is 4.26. The molecule has 1 aromatic carbocycles. The maximum atomic E-state index is 12.0. The summed E-state index contributed by atoms with van der Waals surface area (Å²) in [6, 6.07) is 5.16. The minimum Gasteiger partial charge on any atom is -0.496 e. The van der Waals surface area contributed by atoms with Crippen LogP contribution in [0.5, 0.6) is 5.75 Å². The molecule has 0 saturated carbocycles. The number of alkyl halides is 3. The van der Waals surface area contributed by atoms with Crippen LogP contribution in [0.4, 0.5) is 13.2 Å². The predicted octanol–water partition coefficient (Wildman–Crippen LogP) is 2.90. The van der Waals surface area contributed by atoms with Gasteiger partial charge in [-0.05, 0) is 24.6 Å². The quantitative estimate of drug-likeness (QED) is 0.648. The number of hydrogen-bond donors (Lipinski definition) is 1. The molecule has 3 nitrogen and oxygen atoms in total. The van der Waals surface area contributed by atoms with Gasteiger partial charge in [-0.2, -0.15) is 13.2 Å². The summed E-state index contributed by atoms with van der Waals surface area (Å²) < 4.78 is 46.4. The average molecular weight is 302 g/mol. The van der Waals surface area contributed by atoms with Crippen molar-refractivity contribution in [2.45, 2.75) is 25.6 Å². The minimum atomic E-state index is -4.15. The van der Waals surface area contributed by atoms with Crippen LogP contribution in [0.25, 0.3) is 0 Å². The fraction of sp³-hybridized carbons (Fsp3) is 0.467. The van der Waals surface area contributed by atoms with Gasteiger partial charge in [-0.1, -0.05) is 11.8 Å². The molecule has 0 radical (unpaired) electrons. The van der Waals surface area contributed by atoms with E-state index in [1.807, 2.05) is 0 Å². The molecule has 0 aliphatic carbocycles. The van der Waals surface area contributed by atoms with Crippen molar-refractivity contribution in [3.8, 4) is 17.6 Å². The summed E-state index contributed by atoms with van der Waals surface area (Å²) in [6.07, 6.45) is -5.08. The maximum absolute atomic E-state index is 12.0. The highest BCUT2D eigenvalue weighted by molar-refractivity contribution is 5.44. The lowest BCUT2D eigenvalue weighted by Gasteiger charge is -2.10. The van der Waals surface area contributed by atoms with Gasteiger partial charge in [0.1, 0.15) is 12.4 Å². The Hall–Kier alpha value is -1.71. The molecule has 0 saturated heterocycles. The molecule has 6 heteroatoms. The molecule has 0 aromatic heterocycles. The van der Waals surface area contributed by atoms with Gasteiger partial charge in [0.15, 0.2) is 0 Å². The third-order valence-electron chi connectivity index (χ3n) is 2.60.